The Hall–Kier alpha value is -1.53. The Kier molecular flexibility index (Phi) is 6.63. The molecule has 0 atom stereocenters. The molecule has 1 saturated carbocycles. The van der Waals surface area contributed by atoms with Crippen molar-refractivity contribution in [2.75, 3.05) is 6.61 Å². The summed E-state index contributed by atoms with van der Waals surface area (Å²) in [4.78, 5) is 22.7. The van der Waals surface area contributed by atoms with Crippen LogP contribution in [0.4, 0.5) is 0 Å². The highest BCUT2D eigenvalue weighted by Crippen LogP contribution is 2.30. The first-order valence-electron chi connectivity index (χ1n) is 11.0. The number of ether oxygens (including phenoxy) is 1. The molecule has 160 valence electrons. The second-order valence-corrected chi connectivity index (χ2v) is 16.4. The molecule has 0 spiro atoms. The van der Waals surface area contributed by atoms with Gasteiger partial charge in [0.25, 0.3) is 0 Å². The molecule has 29 heavy (non-hydrogen) atoms. The van der Waals surface area contributed by atoms with E-state index in [0.29, 0.717) is 18.2 Å². The number of hydrogen-bond acceptors (Lipinski definition) is 4. The fourth-order valence-electron chi connectivity index (χ4n) is 3.91. The maximum absolute atomic E-state index is 13.1. The van der Waals surface area contributed by atoms with E-state index >= 15 is 0 Å². The van der Waals surface area contributed by atoms with Crippen LogP contribution in [0, 0.1) is 11.3 Å². The van der Waals surface area contributed by atoms with Crippen LogP contribution in [0.5, 0.6) is 0 Å². The predicted octanol–water partition coefficient (Wildman–Crippen LogP) is 5.71. The maximum atomic E-state index is 13.1. The number of nitrogens with zero attached hydrogens (tertiary/aromatic N) is 3. The van der Waals surface area contributed by atoms with E-state index in [9.17, 15) is 4.79 Å². The van der Waals surface area contributed by atoms with Gasteiger partial charge in [-0.3, -0.25) is 4.79 Å². The lowest BCUT2D eigenvalue weighted by molar-refractivity contribution is 0.0849. The molecule has 1 aliphatic rings. The highest BCUT2D eigenvalue weighted by molar-refractivity contribution is 6.76. The SMILES string of the molecule is CC(C)(C)C(=O)c1cn(COCC[Si](C)(C)C)c2ncc(CC3CCCC3)nc12. The lowest BCUT2D eigenvalue weighted by Gasteiger charge is -2.16. The van der Waals surface area contributed by atoms with Crippen LogP contribution in [-0.4, -0.2) is 35.0 Å². The lowest BCUT2D eigenvalue weighted by Crippen LogP contribution is -2.22. The number of ketones is 1. The molecule has 1 fully saturated rings. The van der Waals surface area contributed by atoms with Gasteiger partial charge in [-0.2, -0.15) is 0 Å². The van der Waals surface area contributed by atoms with E-state index in [-0.39, 0.29) is 5.78 Å². The zero-order valence-corrected chi connectivity index (χ0v) is 20.0. The van der Waals surface area contributed by atoms with E-state index in [4.69, 9.17) is 14.7 Å². The molecule has 0 bridgehead atoms. The van der Waals surface area contributed by atoms with Crippen molar-refractivity contribution in [1.29, 1.82) is 0 Å². The van der Waals surface area contributed by atoms with Crippen molar-refractivity contribution < 1.29 is 9.53 Å². The van der Waals surface area contributed by atoms with Gasteiger partial charge in [-0.15, -0.1) is 0 Å². The van der Waals surface area contributed by atoms with E-state index in [1.807, 2.05) is 37.7 Å². The van der Waals surface area contributed by atoms with Gasteiger partial charge in [0.1, 0.15) is 12.2 Å². The quantitative estimate of drug-likeness (QED) is 0.315. The third-order valence-electron chi connectivity index (χ3n) is 5.74. The molecule has 0 N–H and O–H groups in total. The minimum Gasteiger partial charge on any atom is -0.361 e. The minimum absolute atomic E-state index is 0.107. The van der Waals surface area contributed by atoms with Crippen molar-refractivity contribution in [3.05, 3.63) is 23.7 Å². The van der Waals surface area contributed by atoms with Gasteiger partial charge in [-0.25, -0.2) is 9.97 Å². The molecule has 0 aliphatic heterocycles. The number of carbonyl (C=O) groups is 1. The third-order valence-corrected chi connectivity index (χ3v) is 7.44. The van der Waals surface area contributed by atoms with Gasteiger partial charge >= 0.3 is 0 Å². The van der Waals surface area contributed by atoms with Gasteiger partial charge in [-0.05, 0) is 18.4 Å². The molecule has 6 heteroatoms. The molecule has 0 saturated heterocycles. The van der Waals surface area contributed by atoms with Crippen molar-refractivity contribution in [2.24, 2.45) is 11.3 Å². The molecule has 0 amide bonds. The second kappa shape index (κ2) is 8.68. The zero-order valence-electron chi connectivity index (χ0n) is 19.0. The van der Waals surface area contributed by atoms with Crippen molar-refractivity contribution in [3.8, 4) is 0 Å². The van der Waals surface area contributed by atoms with Crippen molar-refractivity contribution >= 4 is 25.0 Å². The smallest absolute Gasteiger partial charge is 0.171 e. The Morgan fingerprint density at radius 1 is 1.24 bits per heavy atom. The van der Waals surface area contributed by atoms with Crippen LogP contribution >= 0.6 is 0 Å². The largest absolute Gasteiger partial charge is 0.361 e. The summed E-state index contributed by atoms with van der Waals surface area (Å²) in [6.07, 6.45) is 9.94. The van der Waals surface area contributed by atoms with Gasteiger partial charge < -0.3 is 9.30 Å². The summed E-state index contributed by atoms with van der Waals surface area (Å²) in [5.74, 6) is 0.811. The average Bonchev–Trinajstić information content (AvgIpc) is 3.24. The van der Waals surface area contributed by atoms with E-state index in [1.54, 1.807) is 0 Å². The Morgan fingerprint density at radius 3 is 2.55 bits per heavy atom. The van der Waals surface area contributed by atoms with E-state index in [2.05, 4.69) is 19.6 Å². The second-order valence-electron chi connectivity index (χ2n) is 10.8. The van der Waals surface area contributed by atoms with Crippen LogP contribution < -0.4 is 0 Å². The minimum atomic E-state index is -1.13. The van der Waals surface area contributed by atoms with Crippen molar-refractivity contribution in [2.45, 2.75) is 85.3 Å². The number of aromatic nitrogens is 3. The first-order valence-corrected chi connectivity index (χ1v) is 14.7. The normalized spacial score (nSPS) is 16.1. The summed E-state index contributed by atoms with van der Waals surface area (Å²) in [6.45, 7) is 14.1. The van der Waals surface area contributed by atoms with Gasteiger partial charge in [0.05, 0.1) is 17.5 Å². The average molecular weight is 416 g/mol. The summed E-state index contributed by atoms with van der Waals surface area (Å²) >= 11 is 0. The predicted molar refractivity (Wildman–Crippen MR) is 121 cm³/mol. The molecule has 0 aromatic carbocycles. The number of fused-ring (bicyclic) bond motifs is 1. The van der Waals surface area contributed by atoms with Crippen LogP contribution in [0.1, 0.15) is 62.5 Å². The summed E-state index contributed by atoms with van der Waals surface area (Å²) in [6, 6.07) is 1.12. The van der Waals surface area contributed by atoms with Crippen molar-refractivity contribution in [3.63, 3.8) is 0 Å². The molecule has 2 heterocycles. The van der Waals surface area contributed by atoms with Crippen LogP contribution in [-0.2, 0) is 17.9 Å². The van der Waals surface area contributed by atoms with Gasteiger partial charge in [0.2, 0.25) is 0 Å². The molecule has 0 radical (unpaired) electrons. The standard InChI is InChI=1S/C23H37N3O2Si/c1-23(2,3)21(27)19-15-26(16-28-11-12-29(4,5)6)22-20(19)25-18(14-24-22)13-17-9-7-8-10-17/h14-15,17H,7-13,16H2,1-6H3. The van der Waals surface area contributed by atoms with E-state index < -0.39 is 13.5 Å². The number of carbonyl (C=O) groups excluding carboxylic acids is 1. The fourth-order valence-corrected chi connectivity index (χ4v) is 4.66. The third kappa shape index (κ3) is 5.76. The van der Waals surface area contributed by atoms with Crippen molar-refractivity contribution in [1.82, 2.24) is 14.5 Å². The highest BCUT2D eigenvalue weighted by Gasteiger charge is 2.28. The van der Waals surface area contributed by atoms with Crippen LogP contribution in [0.3, 0.4) is 0 Å². The Labute approximate surface area is 176 Å². The van der Waals surface area contributed by atoms with Crippen LogP contribution in [0.15, 0.2) is 12.4 Å². The summed E-state index contributed by atoms with van der Waals surface area (Å²) in [5, 5.41) is 0. The molecule has 3 rings (SSSR count). The highest BCUT2D eigenvalue weighted by atomic mass is 28.3. The Balaban J connectivity index is 1.87. The topological polar surface area (TPSA) is 57.0 Å². The number of rotatable bonds is 8. The van der Waals surface area contributed by atoms with Crippen LogP contribution in [0.25, 0.3) is 11.2 Å². The molecule has 0 unspecified atom stereocenters. The fraction of sp³-hybridized carbons (Fsp3) is 0.696. The molecule has 1 aliphatic carbocycles. The Bertz CT molecular complexity index is 855. The molecular formula is C23H37N3O2Si. The van der Waals surface area contributed by atoms with E-state index in [1.165, 1.54) is 25.7 Å². The Morgan fingerprint density at radius 2 is 1.93 bits per heavy atom. The maximum Gasteiger partial charge on any atom is 0.171 e. The number of hydrogen-bond donors (Lipinski definition) is 0. The van der Waals surface area contributed by atoms with Gasteiger partial charge in [0.15, 0.2) is 11.4 Å². The molecule has 2 aromatic heterocycles. The molecule has 2 aromatic rings. The van der Waals surface area contributed by atoms with Crippen LogP contribution in [0.2, 0.25) is 25.7 Å². The lowest BCUT2D eigenvalue weighted by atomic mass is 9.87. The first kappa shape index (κ1) is 22.2. The molecular weight excluding hydrogens is 378 g/mol. The zero-order chi connectivity index (χ0) is 21.2. The van der Waals surface area contributed by atoms with E-state index in [0.717, 1.165) is 35.9 Å². The molecule has 5 nitrogen and oxygen atoms in total. The first-order chi connectivity index (χ1) is 13.5. The van der Waals surface area contributed by atoms with Gasteiger partial charge in [0, 0.05) is 26.3 Å². The summed E-state index contributed by atoms with van der Waals surface area (Å²) in [5.41, 5.74) is 2.70. The number of Topliss-reactive ketones (excluding diaryl/α,β-unsaturated/α-hetero) is 1. The summed E-state index contributed by atoms with van der Waals surface area (Å²) in [7, 11) is -1.13. The van der Waals surface area contributed by atoms with Gasteiger partial charge in [-0.1, -0.05) is 66.1 Å². The monoisotopic (exact) mass is 415 g/mol. The summed E-state index contributed by atoms with van der Waals surface area (Å²) < 4.78 is 7.89.